The number of hydrogen-bond acceptors (Lipinski definition) is 1. The summed E-state index contributed by atoms with van der Waals surface area (Å²) in [6.07, 6.45) is 6.30. The molecule has 1 atom stereocenters. The molecule has 0 aliphatic heterocycles. The van der Waals surface area contributed by atoms with E-state index in [9.17, 15) is 4.79 Å². The number of halogens is 2. The molecule has 5 heteroatoms. The third kappa shape index (κ3) is 4.65. The molecule has 1 aliphatic rings. The predicted molar refractivity (Wildman–Crippen MR) is 83.4 cm³/mol. The fourth-order valence-electron chi connectivity index (χ4n) is 2.70. The molecule has 0 heterocycles. The van der Waals surface area contributed by atoms with Crippen molar-refractivity contribution in [2.24, 2.45) is 0 Å². The summed E-state index contributed by atoms with van der Waals surface area (Å²) >= 11 is 11.9. The quantitative estimate of drug-likeness (QED) is 0.880. The SMILES string of the molecule is C[C@H]([NH2+]C1CCCCC1)C(=O)Nc1cc(Cl)cc(Cl)c1. The van der Waals surface area contributed by atoms with E-state index in [1.807, 2.05) is 6.92 Å². The second-order valence-corrected chi connectivity index (χ2v) is 6.40. The van der Waals surface area contributed by atoms with E-state index in [4.69, 9.17) is 23.2 Å². The van der Waals surface area contributed by atoms with Crippen molar-refractivity contribution in [3.8, 4) is 0 Å². The van der Waals surface area contributed by atoms with Gasteiger partial charge in [-0.05, 0) is 50.8 Å². The Morgan fingerprint density at radius 1 is 1.20 bits per heavy atom. The molecule has 0 radical (unpaired) electrons. The average Bonchev–Trinajstić information content (AvgIpc) is 2.38. The normalized spacial score (nSPS) is 17.8. The van der Waals surface area contributed by atoms with Crippen molar-refractivity contribution < 1.29 is 10.1 Å². The fourth-order valence-corrected chi connectivity index (χ4v) is 3.23. The molecule has 110 valence electrons. The molecule has 2 rings (SSSR count). The van der Waals surface area contributed by atoms with Crippen LogP contribution in [0.4, 0.5) is 5.69 Å². The number of quaternary nitrogens is 1. The van der Waals surface area contributed by atoms with E-state index in [2.05, 4.69) is 10.6 Å². The molecule has 20 heavy (non-hydrogen) atoms. The third-order valence-corrected chi connectivity index (χ3v) is 4.19. The molecule has 0 unspecified atom stereocenters. The van der Waals surface area contributed by atoms with Crippen LogP contribution >= 0.6 is 23.2 Å². The molecule has 1 aromatic carbocycles. The van der Waals surface area contributed by atoms with Gasteiger partial charge in [0, 0.05) is 15.7 Å². The van der Waals surface area contributed by atoms with Crippen LogP contribution in [0.15, 0.2) is 18.2 Å². The minimum Gasteiger partial charge on any atom is -0.334 e. The fraction of sp³-hybridized carbons (Fsp3) is 0.533. The van der Waals surface area contributed by atoms with Gasteiger partial charge in [-0.3, -0.25) is 4.79 Å². The summed E-state index contributed by atoms with van der Waals surface area (Å²) in [5, 5.41) is 6.10. The van der Waals surface area contributed by atoms with E-state index in [1.165, 1.54) is 32.1 Å². The van der Waals surface area contributed by atoms with Crippen LogP contribution in [0.1, 0.15) is 39.0 Å². The Balaban J connectivity index is 1.89. The van der Waals surface area contributed by atoms with Gasteiger partial charge >= 0.3 is 0 Å². The van der Waals surface area contributed by atoms with Crippen molar-refractivity contribution in [2.75, 3.05) is 5.32 Å². The van der Waals surface area contributed by atoms with Crippen LogP contribution in [0.2, 0.25) is 10.0 Å². The molecule has 1 saturated carbocycles. The second-order valence-electron chi connectivity index (χ2n) is 5.53. The van der Waals surface area contributed by atoms with Crippen LogP contribution in [0, 0.1) is 0 Å². The number of benzene rings is 1. The Bertz CT molecular complexity index is 453. The number of carbonyl (C=O) groups excluding carboxylic acids is 1. The minimum atomic E-state index is -0.101. The zero-order valence-corrected chi connectivity index (χ0v) is 13.2. The topological polar surface area (TPSA) is 45.7 Å². The number of nitrogens with one attached hydrogen (secondary N) is 1. The van der Waals surface area contributed by atoms with Gasteiger partial charge in [0.2, 0.25) is 0 Å². The van der Waals surface area contributed by atoms with E-state index >= 15 is 0 Å². The van der Waals surface area contributed by atoms with Gasteiger partial charge in [-0.1, -0.05) is 29.6 Å². The number of amides is 1. The lowest BCUT2D eigenvalue weighted by Gasteiger charge is -2.23. The van der Waals surface area contributed by atoms with Crippen molar-refractivity contribution in [1.29, 1.82) is 0 Å². The van der Waals surface area contributed by atoms with Crippen LogP contribution in [-0.4, -0.2) is 18.0 Å². The van der Waals surface area contributed by atoms with Crippen LogP contribution in [0.25, 0.3) is 0 Å². The van der Waals surface area contributed by atoms with Gasteiger partial charge in [-0.2, -0.15) is 0 Å². The smallest absolute Gasteiger partial charge is 0.282 e. The molecule has 0 spiro atoms. The summed E-state index contributed by atoms with van der Waals surface area (Å²) < 4.78 is 0. The summed E-state index contributed by atoms with van der Waals surface area (Å²) in [7, 11) is 0. The van der Waals surface area contributed by atoms with Crippen molar-refractivity contribution in [1.82, 2.24) is 0 Å². The molecule has 3 nitrogen and oxygen atoms in total. The standard InChI is InChI=1S/C15H20Cl2N2O/c1-10(18-13-5-3-2-4-6-13)15(20)19-14-8-11(16)7-12(17)9-14/h7-10,13,18H,2-6H2,1H3,(H,19,20)/p+1/t10-/m0/s1. The first-order chi connectivity index (χ1) is 9.54. The average molecular weight is 316 g/mol. The zero-order chi connectivity index (χ0) is 14.5. The van der Waals surface area contributed by atoms with E-state index in [0.29, 0.717) is 21.8 Å². The Labute approximate surface area is 130 Å². The molecule has 3 N–H and O–H groups in total. The van der Waals surface area contributed by atoms with Gasteiger partial charge in [0.15, 0.2) is 6.04 Å². The highest BCUT2D eigenvalue weighted by molar-refractivity contribution is 6.35. The number of carbonyl (C=O) groups is 1. The lowest BCUT2D eigenvalue weighted by molar-refractivity contribution is -0.708. The van der Waals surface area contributed by atoms with E-state index in [-0.39, 0.29) is 11.9 Å². The molecule has 1 amide bonds. The molecule has 1 aliphatic carbocycles. The monoisotopic (exact) mass is 315 g/mol. The number of rotatable bonds is 4. The van der Waals surface area contributed by atoms with E-state index < -0.39 is 0 Å². The van der Waals surface area contributed by atoms with E-state index in [1.54, 1.807) is 18.2 Å². The summed E-state index contributed by atoms with van der Waals surface area (Å²) in [6.45, 7) is 1.94. The number of hydrogen-bond donors (Lipinski definition) is 2. The molecule has 1 aromatic rings. The highest BCUT2D eigenvalue weighted by atomic mass is 35.5. The van der Waals surface area contributed by atoms with Gasteiger partial charge in [0.1, 0.15) is 0 Å². The highest BCUT2D eigenvalue weighted by Crippen LogP contribution is 2.22. The van der Waals surface area contributed by atoms with E-state index in [0.717, 1.165) is 0 Å². The number of anilines is 1. The first-order valence-corrected chi connectivity index (χ1v) is 7.92. The maximum absolute atomic E-state index is 12.2. The molecule has 0 bridgehead atoms. The zero-order valence-electron chi connectivity index (χ0n) is 11.7. The van der Waals surface area contributed by atoms with Crippen molar-refractivity contribution in [2.45, 2.75) is 51.1 Å². The van der Waals surface area contributed by atoms with Gasteiger partial charge in [0.05, 0.1) is 6.04 Å². The highest BCUT2D eigenvalue weighted by Gasteiger charge is 2.23. The van der Waals surface area contributed by atoms with Gasteiger partial charge in [-0.15, -0.1) is 0 Å². The summed E-state index contributed by atoms with van der Waals surface area (Å²) in [4.78, 5) is 12.2. The Hall–Kier alpha value is -0.770. The van der Waals surface area contributed by atoms with Gasteiger partial charge in [0.25, 0.3) is 5.91 Å². The van der Waals surface area contributed by atoms with Crippen LogP contribution in [0.3, 0.4) is 0 Å². The Kier molecular flexibility index (Phi) is 5.70. The van der Waals surface area contributed by atoms with Gasteiger partial charge < -0.3 is 10.6 Å². The third-order valence-electron chi connectivity index (χ3n) is 3.75. The lowest BCUT2D eigenvalue weighted by atomic mass is 9.95. The van der Waals surface area contributed by atoms with Crippen LogP contribution in [0.5, 0.6) is 0 Å². The van der Waals surface area contributed by atoms with Crippen molar-refractivity contribution in [3.05, 3.63) is 28.2 Å². The summed E-state index contributed by atoms with van der Waals surface area (Å²) in [5.41, 5.74) is 0.649. The maximum Gasteiger partial charge on any atom is 0.282 e. The summed E-state index contributed by atoms with van der Waals surface area (Å²) in [5.74, 6) is -0.00564. The molecule has 0 aromatic heterocycles. The first-order valence-electron chi connectivity index (χ1n) is 7.16. The first kappa shape index (κ1) is 15.6. The predicted octanol–water partition coefficient (Wildman–Crippen LogP) is 3.22. The summed E-state index contributed by atoms with van der Waals surface area (Å²) in [6, 6.07) is 5.54. The Morgan fingerprint density at radius 2 is 1.80 bits per heavy atom. The van der Waals surface area contributed by atoms with Gasteiger partial charge in [-0.25, -0.2) is 0 Å². The minimum absolute atomic E-state index is 0.00564. The van der Waals surface area contributed by atoms with Crippen LogP contribution < -0.4 is 10.6 Å². The molecular weight excluding hydrogens is 295 g/mol. The van der Waals surface area contributed by atoms with Crippen molar-refractivity contribution >= 4 is 34.8 Å². The largest absolute Gasteiger partial charge is 0.334 e. The lowest BCUT2D eigenvalue weighted by Crippen LogP contribution is -2.96. The molecule has 1 fully saturated rings. The maximum atomic E-state index is 12.2. The van der Waals surface area contributed by atoms with Crippen LogP contribution in [-0.2, 0) is 4.79 Å². The Morgan fingerprint density at radius 3 is 2.40 bits per heavy atom. The molecule has 0 saturated heterocycles. The second kappa shape index (κ2) is 7.30. The number of nitrogens with two attached hydrogens (primary N) is 1. The molecular formula is C15H21Cl2N2O+. The van der Waals surface area contributed by atoms with Crippen molar-refractivity contribution in [3.63, 3.8) is 0 Å².